The summed E-state index contributed by atoms with van der Waals surface area (Å²) in [5.74, 6) is 5.05. The summed E-state index contributed by atoms with van der Waals surface area (Å²) in [5, 5.41) is 4.98. The number of carbonyl (C=O) groups excluding carboxylic acids is 3. The molecule has 6 N–H and O–H groups in total. The van der Waals surface area contributed by atoms with Gasteiger partial charge in [-0.05, 0) is 36.6 Å². The lowest BCUT2D eigenvalue weighted by Gasteiger charge is -2.16. The zero-order chi connectivity index (χ0) is 30.3. The minimum absolute atomic E-state index is 0.130. The van der Waals surface area contributed by atoms with E-state index in [1.54, 1.807) is 0 Å². The van der Waals surface area contributed by atoms with Crippen molar-refractivity contribution in [3.63, 3.8) is 0 Å². The van der Waals surface area contributed by atoms with E-state index in [4.69, 9.17) is 16.2 Å². The summed E-state index contributed by atoms with van der Waals surface area (Å²) in [6, 6.07) is 6.62. The maximum absolute atomic E-state index is 12.0. The molecule has 2 aliphatic rings. The van der Waals surface area contributed by atoms with Gasteiger partial charge in [-0.3, -0.25) is 14.6 Å². The maximum atomic E-state index is 12.0. The molecule has 2 amide bonds. The van der Waals surface area contributed by atoms with Gasteiger partial charge in [0.1, 0.15) is 6.04 Å². The van der Waals surface area contributed by atoms with Crippen LogP contribution in [-0.4, -0.2) is 50.5 Å². The number of hydrogen-bond acceptors (Lipinski definition) is 5. The van der Waals surface area contributed by atoms with Crippen LogP contribution in [0.3, 0.4) is 0 Å². The third-order valence-electron chi connectivity index (χ3n) is 5.20. The number of guanidine groups is 1. The third kappa shape index (κ3) is 17.2. The van der Waals surface area contributed by atoms with Crippen LogP contribution in [-0.2, 0) is 25.5 Å². The largest absolute Gasteiger partial charge is 0.467 e. The first kappa shape index (κ1) is 33.9. The summed E-state index contributed by atoms with van der Waals surface area (Å²) < 4.78 is 4.77. The summed E-state index contributed by atoms with van der Waals surface area (Å²) >= 11 is 0. The Bertz CT molecular complexity index is 1260. The highest BCUT2D eigenvalue weighted by atomic mass is 16.5. The maximum Gasteiger partial charge on any atom is 0.328 e. The highest BCUT2D eigenvalue weighted by Gasteiger charge is 2.22. The van der Waals surface area contributed by atoms with E-state index in [0.717, 1.165) is 29.5 Å². The van der Waals surface area contributed by atoms with Gasteiger partial charge in [-0.15, -0.1) is 0 Å². The second-order valence-corrected chi connectivity index (χ2v) is 8.51. The fourth-order valence-corrected chi connectivity index (χ4v) is 3.08. The minimum atomic E-state index is -0.841. The van der Waals surface area contributed by atoms with Crippen molar-refractivity contribution < 1.29 is 19.1 Å². The Hall–Kier alpha value is -5.10. The van der Waals surface area contributed by atoms with Crippen molar-refractivity contribution in [3.05, 3.63) is 108 Å². The van der Waals surface area contributed by atoms with E-state index >= 15 is 0 Å². The van der Waals surface area contributed by atoms with Gasteiger partial charge in [0.15, 0.2) is 5.96 Å². The molecule has 0 aromatic heterocycles. The lowest BCUT2D eigenvalue weighted by Crippen LogP contribution is -2.46. The number of benzene rings is 1. The number of esters is 1. The fourth-order valence-electron chi connectivity index (χ4n) is 3.08. The molecule has 41 heavy (non-hydrogen) atoms. The topological polar surface area (TPSA) is 149 Å². The zero-order valence-corrected chi connectivity index (χ0v) is 23.8. The molecular weight excluding hydrogens is 518 g/mol. The Morgan fingerprint density at radius 3 is 2.15 bits per heavy atom. The number of nitrogens with one attached hydrogen (secondary N) is 2. The molecule has 0 bridgehead atoms. The van der Waals surface area contributed by atoms with Gasteiger partial charge < -0.3 is 26.8 Å². The van der Waals surface area contributed by atoms with Crippen molar-refractivity contribution in [2.24, 2.45) is 16.5 Å². The van der Waals surface area contributed by atoms with E-state index in [1.165, 1.54) is 21.1 Å². The van der Waals surface area contributed by atoms with E-state index < -0.39 is 17.9 Å². The number of methoxy groups -OCH3 is 1. The molecule has 0 saturated heterocycles. The molecule has 0 fully saturated rings. The van der Waals surface area contributed by atoms with Gasteiger partial charge in [0, 0.05) is 31.5 Å². The predicted octanol–water partition coefficient (Wildman–Crippen LogP) is 2.77. The number of carbonyl (C=O) groups is 3. The molecule has 216 valence electrons. The van der Waals surface area contributed by atoms with Crippen LogP contribution in [0.4, 0.5) is 0 Å². The highest BCUT2D eigenvalue weighted by molar-refractivity contribution is 5.88. The molecule has 1 aromatic carbocycles. The van der Waals surface area contributed by atoms with Crippen LogP contribution in [0.5, 0.6) is 0 Å². The van der Waals surface area contributed by atoms with Crippen LogP contribution < -0.4 is 22.1 Å². The number of hydrogen-bond donors (Lipinski definition) is 4. The Morgan fingerprint density at radius 1 is 0.951 bits per heavy atom. The average molecular weight is 558 g/mol. The van der Waals surface area contributed by atoms with Crippen LogP contribution in [0.2, 0.25) is 0 Å². The molecule has 1 unspecified atom stereocenters. The Balaban J connectivity index is 0.000000577. The van der Waals surface area contributed by atoms with Gasteiger partial charge >= 0.3 is 5.97 Å². The monoisotopic (exact) mass is 557 g/mol. The summed E-state index contributed by atoms with van der Waals surface area (Å²) in [6.07, 6.45) is 24.7. The van der Waals surface area contributed by atoms with Gasteiger partial charge in [0.25, 0.3) is 0 Å². The van der Waals surface area contributed by atoms with Crippen molar-refractivity contribution in [1.29, 1.82) is 0 Å². The zero-order valence-electron chi connectivity index (χ0n) is 23.8. The molecule has 0 radical (unpaired) electrons. The van der Waals surface area contributed by atoms with Gasteiger partial charge in [-0.25, -0.2) is 4.79 Å². The number of ether oxygens (including phenoxy) is 1. The molecule has 9 nitrogen and oxygen atoms in total. The average Bonchev–Trinajstić information content (AvgIpc) is 3.44. The van der Waals surface area contributed by atoms with Gasteiger partial charge in [-0.1, -0.05) is 84.7 Å². The van der Waals surface area contributed by atoms with Crippen molar-refractivity contribution in [1.82, 2.24) is 10.6 Å². The normalized spacial score (nSPS) is 13.1. The van der Waals surface area contributed by atoms with Gasteiger partial charge in [-0.2, -0.15) is 0 Å². The lowest BCUT2D eigenvalue weighted by molar-refractivity contribution is -0.144. The van der Waals surface area contributed by atoms with E-state index in [0.29, 0.717) is 0 Å². The van der Waals surface area contributed by atoms with Crippen molar-refractivity contribution in [2.45, 2.75) is 32.2 Å². The van der Waals surface area contributed by atoms with Crippen LogP contribution in [0.15, 0.2) is 102 Å². The van der Waals surface area contributed by atoms with E-state index in [-0.39, 0.29) is 24.8 Å². The molecule has 0 heterocycles. The number of nitrogens with two attached hydrogens (primary N) is 2. The summed E-state index contributed by atoms with van der Waals surface area (Å²) in [4.78, 5) is 38.2. The summed E-state index contributed by atoms with van der Waals surface area (Å²) in [5.41, 5.74) is 12.3. The highest BCUT2D eigenvalue weighted by Crippen LogP contribution is 2.09. The first-order chi connectivity index (χ1) is 19.7. The van der Waals surface area contributed by atoms with Crippen molar-refractivity contribution in [3.8, 4) is 11.8 Å². The van der Waals surface area contributed by atoms with Crippen LogP contribution in [0.25, 0.3) is 0 Å². The minimum Gasteiger partial charge on any atom is -0.467 e. The summed E-state index contributed by atoms with van der Waals surface area (Å²) in [7, 11) is 2.80. The molecule has 2 aliphatic carbocycles. The quantitative estimate of drug-likeness (QED) is 0.183. The molecule has 1 atom stereocenters. The molecule has 0 saturated carbocycles. The number of aliphatic imine (C=N–C) groups is 1. The SMILES string of the molecule is C1=CC=CCC=C1.CN=C(N)N.COC(=O)C(Cc1ccc(C#CC2=CCC=CC=C2)cc1)NC(=O)CNC(C)=O. The Kier molecular flexibility index (Phi) is 17.2. The van der Waals surface area contributed by atoms with Crippen LogP contribution in [0, 0.1) is 11.8 Å². The van der Waals surface area contributed by atoms with Gasteiger partial charge in [0.05, 0.1) is 13.7 Å². The fraction of sp³-hybridized carbons (Fsp3) is 0.250. The number of amides is 2. The third-order valence-corrected chi connectivity index (χ3v) is 5.20. The van der Waals surface area contributed by atoms with Crippen LogP contribution >= 0.6 is 0 Å². The molecule has 3 rings (SSSR count). The first-order valence-corrected chi connectivity index (χ1v) is 13.0. The first-order valence-electron chi connectivity index (χ1n) is 13.0. The Morgan fingerprint density at radius 2 is 1.56 bits per heavy atom. The standard InChI is InChI=1S/C23H24N2O4.C7H8.C2H7N3/c1-17(26)24-16-22(27)25-21(23(28)29-2)15-20-13-11-19(12-14-20)10-9-18-7-5-3-4-6-8-18;1-2-4-6-7-5-3-1;1-5-2(3)4/h3-5,7-8,11-14,21H,6,15-16H2,1-2H3,(H,24,26)(H,25,27);1-6H,7H2;1H3,(H4,3,4,5). The lowest BCUT2D eigenvalue weighted by atomic mass is 10.0. The Labute approximate surface area is 242 Å². The van der Waals surface area contributed by atoms with Gasteiger partial charge in [0.2, 0.25) is 11.8 Å². The van der Waals surface area contributed by atoms with E-state index in [9.17, 15) is 14.4 Å². The second kappa shape index (κ2) is 20.8. The molecule has 9 heteroatoms. The molecule has 0 spiro atoms. The number of nitrogens with zero attached hydrogens (tertiary/aromatic N) is 1. The predicted molar refractivity (Wildman–Crippen MR) is 164 cm³/mol. The molecule has 0 aliphatic heterocycles. The number of rotatable bonds is 6. The van der Waals surface area contributed by atoms with E-state index in [1.807, 2.05) is 54.6 Å². The van der Waals surface area contributed by atoms with Crippen LogP contribution in [0.1, 0.15) is 30.9 Å². The summed E-state index contributed by atoms with van der Waals surface area (Å²) in [6.45, 7) is 1.12. The van der Waals surface area contributed by atoms with E-state index in [2.05, 4.69) is 63.9 Å². The van der Waals surface area contributed by atoms with Crippen molar-refractivity contribution in [2.75, 3.05) is 20.7 Å². The smallest absolute Gasteiger partial charge is 0.328 e. The number of allylic oxidation sites excluding steroid dienone is 12. The molecule has 1 aromatic rings. The molecular formula is C32H39N5O4. The van der Waals surface area contributed by atoms with Crippen molar-refractivity contribution >= 4 is 23.7 Å². The second-order valence-electron chi connectivity index (χ2n) is 8.51.